The zero-order valence-corrected chi connectivity index (χ0v) is 18.6. The third-order valence-corrected chi connectivity index (χ3v) is 5.27. The van der Waals surface area contributed by atoms with Crippen LogP contribution in [0.25, 0.3) is 0 Å². The Bertz CT molecular complexity index is 1260. The second-order valence-electron chi connectivity index (χ2n) is 7.19. The number of methoxy groups -OCH3 is 1. The maximum Gasteiger partial charge on any atom is 0.256 e. The summed E-state index contributed by atoms with van der Waals surface area (Å²) in [5.74, 6) is 0.885. The van der Waals surface area contributed by atoms with Crippen LogP contribution in [-0.2, 0) is 13.2 Å². The number of amides is 1. The van der Waals surface area contributed by atoms with Crippen LogP contribution in [0, 0.1) is 5.82 Å². The largest absolute Gasteiger partial charge is 0.493 e. The molecule has 3 aromatic carbocycles. The predicted octanol–water partition coefficient (Wildman–Crippen LogP) is 5.56. The molecule has 4 aromatic rings. The summed E-state index contributed by atoms with van der Waals surface area (Å²) in [6, 6.07) is 20.6. The van der Waals surface area contributed by atoms with Crippen molar-refractivity contribution in [3.63, 3.8) is 0 Å². The van der Waals surface area contributed by atoms with Crippen LogP contribution in [0.15, 0.2) is 79.0 Å². The Kier molecular flexibility index (Phi) is 6.90. The Balaban J connectivity index is 1.40. The number of nitrogens with one attached hydrogen (secondary N) is 1. The van der Waals surface area contributed by atoms with Crippen molar-refractivity contribution in [2.75, 3.05) is 12.4 Å². The normalized spacial score (nSPS) is 10.6. The van der Waals surface area contributed by atoms with Gasteiger partial charge in [-0.2, -0.15) is 5.10 Å². The first-order valence-electron chi connectivity index (χ1n) is 10.2. The Morgan fingerprint density at radius 2 is 1.85 bits per heavy atom. The molecule has 1 N–H and O–H groups in total. The molecule has 0 bridgehead atoms. The fourth-order valence-electron chi connectivity index (χ4n) is 3.25. The maximum absolute atomic E-state index is 14.0. The molecule has 0 saturated carbocycles. The number of carbonyl (C=O) groups is 1. The molecule has 0 aliphatic heterocycles. The van der Waals surface area contributed by atoms with Crippen LogP contribution in [0.5, 0.6) is 11.5 Å². The van der Waals surface area contributed by atoms with Crippen molar-refractivity contribution in [2.24, 2.45) is 0 Å². The lowest BCUT2D eigenvalue weighted by molar-refractivity contribution is 0.102. The molecule has 0 aliphatic carbocycles. The van der Waals surface area contributed by atoms with Crippen molar-refractivity contribution in [3.05, 3.63) is 107 Å². The lowest BCUT2D eigenvalue weighted by Gasteiger charge is -2.11. The van der Waals surface area contributed by atoms with Gasteiger partial charge in [0.15, 0.2) is 17.3 Å². The highest BCUT2D eigenvalue weighted by atomic mass is 35.5. The summed E-state index contributed by atoms with van der Waals surface area (Å²) in [5, 5.41) is 7.37. The van der Waals surface area contributed by atoms with Gasteiger partial charge in [-0.25, -0.2) is 4.39 Å². The van der Waals surface area contributed by atoms with Crippen molar-refractivity contribution < 1.29 is 18.7 Å². The molecule has 0 radical (unpaired) electrons. The lowest BCUT2D eigenvalue weighted by atomic mass is 10.1. The number of carbonyl (C=O) groups excluding carboxylic acids is 1. The van der Waals surface area contributed by atoms with E-state index in [1.165, 1.54) is 10.7 Å². The minimum atomic E-state index is -0.407. The van der Waals surface area contributed by atoms with E-state index in [4.69, 9.17) is 21.1 Å². The number of rotatable bonds is 8. The minimum absolute atomic E-state index is 0.150. The van der Waals surface area contributed by atoms with E-state index >= 15 is 0 Å². The molecule has 8 heteroatoms. The van der Waals surface area contributed by atoms with Crippen LogP contribution in [0.3, 0.4) is 0 Å². The van der Waals surface area contributed by atoms with Crippen molar-refractivity contribution in [1.82, 2.24) is 9.78 Å². The summed E-state index contributed by atoms with van der Waals surface area (Å²) >= 11 is 6.08. The summed E-state index contributed by atoms with van der Waals surface area (Å²) in [4.78, 5) is 12.7. The van der Waals surface area contributed by atoms with Gasteiger partial charge in [-0.05, 0) is 42.0 Å². The Morgan fingerprint density at radius 1 is 1.06 bits per heavy atom. The van der Waals surface area contributed by atoms with Gasteiger partial charge in [0, 0.05) is 28.4 Å². The predicted molar refractivity (Wildman–Crippen MR) is 124 cm³/mol. The first-order chi connectivity index (χ1) is 16.0. The number of ether oxygens (including phenoxy) is 2. The van der Waals surface area contributed by atoms with Gasteiger partial charge in [0.25, 0.3) is 5.91 Å². The number of nitrogens with zero attached hydrogens (tertiary/aromatic N) is 2. The number of benzene rings is 3. The third kappa shape index (κ3) is 5.51. The van der Waals surface area contributed by atoms with E-state index in [0.29, 0.717) is 33.5 Å². The average molecular weight is 466 g/mol. The molecule has 0 fully saturated rings. The van der Waals surface area contributed by atoms with Crippen molar-refractivity contribution in [3.8, 4) is 11.5 Å². The van der Waals surface area contributed by atoms with Crippen molar-refractivity contribution in [1.29, 1.82) is 0 Å². The van der Waals surface area contributed by atoms with Crippen LogP contribution in [0.4, 0.5) is 10.2 Å². The lowest BCUT2D eigenvalue weighted by Crippen LogP contribution is -2.13. The average Bonchev–Trinajstić information content (AvgIpc) is 3.27. The number of para-hydroxylation sites is 2. The zero-order chi connectivity index (χ0) is 23.2. The van der Waals surface area contributed by atoms with E-state index in [2.05, 4.69) is 10.4 Å². The van der Waals surface area contributed by atoms with Gasteiger partial charge in [-0.3, -0.25) is 9.48 Å². The second-order valence-corrected chi connectivity index (χ2v) is 7.60. The highest BCUT2D eigenvalue weighted by Crippen LogP contribution is 2.26. The second kappa shape index (κ2) is 10.2. The quantitative estimate of drug-likeness (QED) is 0.370. The van der Waals surface area contributed by atoms with Gasteiger partial charge in [0.2, 0.25) is 0 Å². The highest BCUT2D eigenvalue weighted by Gasteiger charge is 2.12. The Hall–Kier alpha value is -3.84. The SMILES string of the molecule is COc1ccccc1OCc1cccc(C(=O)Nc2ccn(Cc3c(F)cccc3Cl)n2)c1. The standard InChI is InChI=1S/C25H21ClFN3O3/c1-32-22-10-2-3-11-23(22)33-16-17-6-4-7-18(14-17)25(31)28-24-12-13-30(29-24)15-19-20(26)8-5-9-21(19)27/h2-14H,15-16H2,1H3,(H,28,29,31). The molecular weight excluding hydrogens is 445 g/mol. The van der Waals surface area contributed by atoms with Crippen molar-refractivity contribution in [2.45, 2.75) is 13.2 Å². The van der Waals surface area contributed by atoms with Crippen LogP contribution < -0.4 is 14.8 Å². The number of anilines is 1. The molecule has 0 unspecified atom stereocenters. The molecule has 4 rings (SSSR count). The zero-order valence-electron chi connectivity index (χ0n) is 17.8. The molecule has 0 spiro atoms. The fourth-order valence-corrected chi connectivity index (χ4v) is 3.47. The highest BCUT2D eigenvalue weighted by molar-refractivity contribution is 6.31. The summed E-state index contributed by atoms with van der Waals surface area (Å²) in [6.07, 6.45) is 1.65. The topological polar surface area (TPSA) is 65.4 Å². The summed E-state index contributed by atoms with van der Waals surface area (Å²) < 4.78 is 26.6. The van der Waals surface area contributed by atoms with E-state index in [0.717, 1.165) is 5.56 Å². The summed E-state index contributed by atoms with van der Waals surface area (Å²) in [6.45, 7) is 0.427. The molecule has 168 valence electrons. The van der Waals surface area contributed by atoms with E-state index in [9.17, 15) is 9.18 Å². The smallest absolute Gasteiger partial charge is 0.256 e. The fraction of sp³-hybridized carbons (Fsp3) is 0.120. The van der Waals surface area contributed by atoms with E-state index in [-0.39, 0.29) is 19.1 Å². The van der Waals surface area contributed by atoms with Gasteiger partial charge < -0.3 is 14.8 Å². The molecule has 1 aromatic heterocycles. The molecule has 1 amide bonds. The van der Waals surface area contributed by atoms with E-state index < -0.39 is 5.82 Å². The van der Waals surface area contributed by atoms with Crippen LogP contribution in [-0.4, -0.2) is 22.8 Å². The molecule has 0 saturated heterocycles. The van der Waals surface area contributed by atoms with Gasteiger partial charge in [0.1, 0.15) is 12.4 Å². The third-order valence-electron chi connectivity index (χ3n) is 4.92. The monoisotopic (exact) mass is 465 g/mol. The summed E-state index contributed by atoms with van der Waals surface area (Å²) in [7, 11) is 1.58. The van der Waals surface area contributed by atoms with Crippen LogP contribution in [0.1, 0.15) is 21.5 Å². The Morgan fingerprint density at radius 3 is 2.64 bits per heavy atom. The van der Waals surface area contributed by atoms with E-state index in [1.807, 2.05) is 30.3 Å². The first-order valence-corrected chi connectivity index (χ1v) is 10.5. The minimum Gasteiger partial charge on any atom is -0.493 e. The number of hydrogen-bond acceptors (Lipinski definition) is 4. The first kappa shape index (κ1) is 22.4. The number of halogens is 2. The number of aromatic nitrogens is 2. The van der Waals surface area contributed by atoms with Gasteiger partial charge in [-0.1, -0.05) is 41.9 Å². The van der Waals surface area contributed by atoms with Crippen LogP contribution in [0.2, 0.25) is 5.02 Å². The molecular formula is C25H21ClFN3O3. The molecule has 0 aliphatic rings. The molecule has 0 atom stereocenters. The number of hydrogen-bond donors (Lipinski definition) is 1. The van der Waals surface area contributed by atoms with Gasteiger partial charge >= 0.3 is 0 Å². The Labute approximate surface area is 195 Å². The molecule has 33 heavy (non-hydrogen) atoms. The van der Waals surface area contributed by atoms with Crippen molar-refractivity contribution >= 4 is 23.3 Å². The van der Waals surface area contributed by atoms with Gasteiger partial charge in [-0.15, -0.1) is 0 Å². The summed E-state index contributed by atoms with van der Waals surface area (Å²) in [5.41, 5.74) is 1.62. The molecule has 1 heterocycles. The molecule has 6 nitrogen and oxygen atoms in total. The van der Waals surface area contributed by atoms with E-state index in [1.54, 1.807) is 49.7 Å². The maximum atomic E-state index is 14.0. The van der Waals surface area contributed by atoms with Gasteiger partial charge in [0.05, 0.1) is 13.7 Å². The van der Waals surface area contributed by atoms with Crippen LogP contribution >= 0.6 is 11.6 Å².